The van der Waals surface area contributed by atoms with Crippen molar-refractivity contribution in [3.05, 3.63) is 173 Å². The molecule has 4 aromatic rings. The summed E-state index contributed by atoms with van der Waals surface area (Å²) in [6.07, 6.45) is 10.3. The van der Waals surface area contributed by atoms with Crippen LogP contribution in [0.1, 0.15) is 45.9 Å². The summed E-state index contributed by atoms with van der Waals surface area (Å²) >= 11 is 0. The lowest BCUT2D eigenvalue weighted by molar-refractivity contribution is 0.739. The Hall–Kier alpha value is -3.90. The highest BCUT2D eigenvalue weighted by Gasteiger charge is 2.42. The normalized spacial score (nSPS) is 14.5. The fourth-order valence-corrected chi connectivity index (χ4v) is 5.41. The zero-order valence-corrected chi connectivity index (χ0v) is 19.7. The van der Waals surface area contributed by atoms with Crippen LogP contribution in [0, 0.1) is 0 Å². The molecule has 0 fully saturated rings. The van der Waals surface area contributed by atoms with E-state index in [9.17, 15) is 0 Å². The number of hydrogen-bond donors (Lipinski definition) is 0. The van der Waals surface area contributed by atoms with E-state index in [-0.39, 0.29) is 5.41 Å². The van der Waals surface area contributed by atoms with E-state index >= 15 is 0 Å². The van der Waals surface area contributed by atoms with Gasteiger partial charge >= 0.3 is 0 Å². The van der Waals surface area contributed by atoms with E-state index in [1.807, 2.05) is 25.2 Å². The Labute approximate surface area is 203 Å². The Bertz CT molecular complexity index is 1300. The van der Waals surface area contributed by atoms with Crippen LogP contribution >= 0.6 is 0 Å². The average Bonchev–Trinajstić information content (AvgIpc) is 3.05. The van der Waals surface area contributed by atoms with Gasteiger partial charge in [-0.05, 0) is 64.3 Å². The van der Waals surface area contributed by atoms with Crippen molar-refractivity contribution in [3.63, 3.8) is 0 Å². The third-order valence-electron chi connectivity index (χ3n) is 7.00. The largest absolute Gasteiger partial charge is 0.0912 e. The van der Waals surface area contributed by atoms with Gasteiger partial charge in [-0.2, -0.15) is 0 Å². The Morgan fingerprint density at radius 1 is 0.647 bits per heavy atom. The molecule has 1 aliphatic carbocycles. The average molecular weight is 439 g/mol. The molecule has 1 aliphatic rings. The van der Waals surface area contributed by atoms with E-state index in [1.165, 1.54) is 33.4 Å². The molecule has 166 valence electrons. The maximum atomic E-state index is 4.28. The molecule has 0 heteroatoms. The highest BCUT2D eigenvalue weighted by Crippen LogP contribution is 2.49. The van der Waals surface area contributed by atoms with Crippen molar-refractivity contribution in [1.29, 1.82) is 0 Å². The standard InChI is InChI=1S/C34H30/c1-3-4-6-13-26(2)27-22-24-31(25-23-27)34(30-16-7-5-8-17-30)32-18-11-9-14-28(32)20-21-29-15-10-12-19-33(29)34/h3-19,22-25H,2,20-21H2,1H3/b4-3-,13-6-. The third kappa shape index (κ3) is 3.76. The third-order valence-corrected chi connectivity index (χ3v) is 7.00. The lowest BCUT2D eigenvalue weighted by Crippen LogP contribution is -2.32. The van der Waals surface area contributed by atoms with Crippen LogP contribution in [0.25, 0.3) is 5.57 Å². The van der Waals surface area contributed by atoms with Gasteiger partial charge in [0.2, 0.25) is 0 Å². The van der Waals surface area contributed by atoms with Crippen molar-refractivity contribution < 1.29 is 0 Å². The summed E-state index contributed by atoms with van der Waals surface area (Å²) in [5.41, 5.74) is 9.98. The first kappa shape index (κ1) is 21.9. The molecule has 0 atom stereocenters. The van der Waals surface area contributed by atoms with Crippen molar-refractivity contribution in [2.75, 3.05) is 0 Å². The molecule has 0 nitrogen and oxygen atoms in total. The second-order valence-corrected chi connectivity index (χ2v) is 8.92. The predicted octanol–water partition coefficient (Wildman–Crippen LogP) is 8.31. The zero-order valence-electron chi connectivity index (χ0n) is 19.7. The van der Waals surface area contributed by atoms with Crippen LogP contribution in [-0.4, -0.2) is 0 Å². The van der Waals surface area contributed by atoms with E-state index < -0.39 is 0 Å². The minimum atomic E-state index is -0.369. The molecule has 0 amide bonds. The van der Waals surface area contributed by atoms with E-state index in [4.69, 9.17) is 0 Å². The fraction of sp³-hybridized carbons (Fsp3) is 0.118. The van der Waals surface area contributed by atoms with Crippen LogP contribution in [0.3, 0.4) is 0 Å². The number of allylic oxidation sites excluding steroid dienone is 5. The number of benzene rings is 4. The van der Waals surface area contributed by atoms with Gasteiger partial charge in [-0.25, -0.2) is 0 Å². The molecular weight excluding hydrogens is 408 g/mol. The Morgan fingerprint density at radius 2 is 1.18 bits per heavy atom. The molecule has 4 aromatic carbocycles. The van der Waals surface area contributed by atoms with E-state index in [1.54, 1.807) is 0 Å². The van der Waals surface area contributed by atoms with Crippen molar-refractivity contribution in [2.45, 2.75) is 25.2 Å². The van der Waals surface area contributed by atoms with Gasteiger partial charge in [0.25, 0.3) is 0 Å². The van der Waals surface area contributed by atoms with Gasteiger partial charge < -0.3 is 0 Å². The van der Waals surface area contributed by atoms with Gasteiger partial charge in [0.15, 0.2) is 0 Å². The molecule has 0 aliphatic heterocycles. The molecule has 0 spiro atoms. The van der Waals surface area contributed by atoms with Crippen molar-refractivity contribution >= 4 is 5.57 Å². The topological polar surface area (TPSA) is 0 Å². The monoisotopic (exact) mass is 438 g/mol. The van der Waals surface area contributed by atoms with Crippen molar-refractivity contribution in [2.24, 2.45) is 0 Å². The fourth-order valence-electron chi connectivity index (χ4n) is 5.41. The van der Waals surface area contributed by atoms with E-state index in [0.29, 0.717) is 0 Å². The van der Waals surface area contributed by atoms with Crippen LogP contribution < -0.4 is 0 Å². The second-order valence-electron chi connectivity index (χ2n) is 8.92. The summed E-state index contributed by atoms with van der Waals surface area (Å²) in [7, 11) is 0. The Kier molecular flexibility index (Phi) is 6.14. The van der Waals surface area contributed by atoms with Crippen molar-refractivity contribution in [3.8, 4) is 0 Å². The summed E-state index contributed by atoms with van der Waals surface area (Å²) in [4.78, 5) is 0. The van der Waals surface area contributed by atoms with Gasteiger partial charge in [-0.1, -0.05) is 134 Å². The lowest BCUT2D eigenvalue weighted by Gasteiger charge is -2.38. The smallest absolute Gasteiger partial charge is 0.0706 e. The minimum Gasteiger partial charge on any atom is -0.0912 e. The predicted molar refractivity (Wildman–Crippen MR) is 145 cm³/mol. The first-order valence-electron chi connectivity index (χ1n) is 12.1. The quantitative estimate of drug-likeness (QED) is 0.275. The van der Waals surface area contributed by atoms with Crippen LogP contribution in [-0.2, 0) is 18.3 Å². The Balaban J connectivity index is 1.78. The molecule has 0 aromatic heterocycles. The van der Waals surface area contributed by atoms with Gasteiger partial charge in [0.1, 0.15) is 0 Å². The first-order valence-corrected chi connectivity index (χ1v) is 12.1. The number of rotatable bonds is 5. The highest BCUT2D eigenvalue weighted by atomic mass is 14.4. The summed E-state index contributed by atoms with van der Waals surface area (Å²) in [6, 6.07) is 38.0. The van der Waals surface area contributed by atoms with Gasteiger partial charge in [0.05, 0.1) is 5.41 Å². The maximum absolute atomic E-state index is 4.28. The number of fused-ring (bicyclic) bond motifs is 2. The summed E-state index contributed by atoms with van der Waals surface area (Å²) in [5, 5.41) is 0. The van der Waals surface area contributed by atoms with Crippen molar-refractivity contribution in [1.82, 2.24) is 0 Å². The number of aryl methyl sites for hydroxylation is 2. The zero-order chi connectivity index (χ0) is 23.4. The Morgan fingerprint density at radius 3 is 1.76 bits per heavy atom. The van der Waals surface area contributed by atoms with Crippen LogP contribution in [0.5, 0.6) is 0 Å². The molecular formula is C34H30. The van der Waals surface area contributed by atoms with Gasteiger partial charge in [-0.15, -0.1) is 0 Å². The summed E-state index contributed by atoms with van der Waals surface area (Å²) in [6.45, 7) is 6.30. The molecule has 0 unspecified atom stereocenters. The van der Waals surface area contributed by atoms with Gasteiger partial charge in [0, 0.05) is 0 Å². The molecule has 0 radical (unpaired) electrons. The summed E-state index contributed by atoms with van der Waals surface area (Å²) in [5.74, 6) is 0. The lowest BCUT2D eigenvalue weighted by atomic mass is 9.63. The van der Waals surface area contributed by atoms with E-state index in [0.717, 1.165) is 24.0 Å². The highest BCUT2D eigenvalue weighted by molar-refractivity contribution is 5.73. The summed E-state index contributed by atoms with van der Waals surface area (Å²) < 4.78 is 0. The number of hydrogen-bond acceptors (Lipinski definition) is 0. The molecule has 0 N–H and O–H groups in total. The molecule has 34 heavy (non-hydrogen) atoms. The van der Waals surface area contributed by atoms with Crippen LogP contribution in [0.15, 0.2) is 134 Å². The minimum absolute atomic E-state index is 0.369. The second kappa shape index (κ2) is 9.53. The van der Waals surface area contributed by atoms with E-state index in [2.05, 4.69) is 116 Å². The van der Waals surface area contributed by atoms with Crippen LogP contribution in [0.2, 0.25) is 0 Å². The maximum Gasteiger partial charge on any atom is 0.0706 e. The van der Waals surface area contributed by atoms with Gasteiger partial charge in [-0.3, -0.25) is 0 Å². The first-order chi connectivity index (χ1) is 16.7. The molecule has 5 rings (SSSR count). The molecule has 0 heterocycles. The molecule has 0 bridgehead atoms. The molecule has 0 saturated heterocycles. The SMILES string of the molecule is C=C(/C=C\C=C/C)c1ccc(C2(c3ccccc3)c3ccccc3CCc3ccccc32)cc1. The molecule has 0 saturated carbocycles. The van der Waals surface area contributed by atoms with Crippen LogP contribution in [0.4, 0.5) is 0 Å².